The van der Waals surface area contributed by atoms with Crippen molar-refractivity contribution < 1.29 is 9.21 Å². The maximum Gasteiger partial charge on any atom is 0.349 e. The Kier molecular flexibility index (Phi) is 4.40. The van der Waals surface area contributed by atoms with Crippen LogP contribution in [-0.4, -0.2) is 5.91 Å². The molecule has 0 aliphatic heterocycles. The summed E-state index contributed by atoms with van der Waals surface area (Å²) in [5, 5.41) is 4.16. The lowest BCUT2D eigenvalue weighted by atomic mass is 10.1. The summed E-state index contributed by atoms with van der Waals surface area (Å²) in [5.41, 5.74) is 1.61. The number of benzene rings is 2. The van der Waals surface area contributed by atoms with Crippen LogP contribution in [0.1, 0.15) is 34.5 Å². The molecular weight excluding hydrogens is 326 g/mol. The van der Waals surface area contributed by atoms with Gasteiger partial charge in [-0.15, -0.1) is 0 Å². The third kappa shape index (κ3) is 3.19. The Labute approximate surface area is 144 Å². The van der Waals surface area contributed by atoms with E-state index in [-0.39, 0.29) is 11.6 Å². The molecule has 0 unspecified atom stereocenters. The Hall–Kier alpha value is -2.59. The Balaban J connectivity index is 1.90. The zero-order chi connectivity index (χ0) is 17.3. The fourth-order valence-electron chi connectivity index (χ4n) is 2.56. The van der Waals surface area contributed by atoms with Crippen LogP contribution in [0.15, 0.2) is 57.7 Å². The second-order valence-electron chi connectivity index (χ2n) is 5.69. The molecule has 1 amide bonds. The lowest BCUT2D eigenvalue weighted by molar-refractivity contribution is 0.0936. The number of nitrogens with one attached hydrogen (secondary N) is 1. The fraction of sp³-hybridized carbons (Fsp3) is 0.158. The molecule has 0 radical (unpaired) electrons. The van der Waals surface area contributed by atoms with Crippen molar-refractivity contribution in [1.82, 2.24) is 5.32 Å². The van der Waals surface area contributed by atoms with Crippen molar-refractivity contribution in [1.29, 1.82) is 0 Å². The number of amides is 1. The minimum atomic E-state index is -0.641. The summed E-state index contributed by atoms with van der Waals surface area (Å²) < 4.78 is 5.31. The molecule has 1 heterocycles. The number of hydrogen-bond acceptors (Lipinski definition) is 3. The van der Waals surface area contributed by atoms with Gasteiger partial charge in [0.05, 0.1) is 6.04 Å². The number of fused-ring (bicyclic) bond motifs is 1. The van der Waals surface area contributed by atoms with Gasteiger partial charge in [-0.3, -0.25) is 4.79 Å². The van der Waals surface area contributed by atoms with E-state index in [2.05, 4.69) is 5.32 Å². The number of rotatable bonds is 3. The summed E-state index contributed by atoms with van der Waals surface area (Å²) in [6.45, 7) is 3.70. The molecule has 1 atom stereocenters. The number of para-hydroxylation sites is 1. The third-order valence-corrected chi connectivity index (χ3v) is 4.17. The Morgan fingerprint density at radius 1 is 1.17 bits per heavy atom. The first-order valence-electron chi connectivity index (χ1n) is 7.55. The van der Waals surface area contributed by atoms with Crippen LogP contribution >= 0.6 is 11.6 Å². The van der Waals surface area contributed by atoms with Crippen molar-refractivity contribution >= 4 is 28.5 Å². The number of aryl methyl sites for hydroxylation is 1. The van der Waals surface area contributed by atoms with Crippen LogP contribution in [0, 0.1) is 6.92 Å². The van der Waals surface area contributed by atoms with E-state index < -0.39 is 11.5 Å². The van der Waals surface area contributed by atoms with E-state index in [0.717, 1.165) is 16.5 Å². The molecule has 1 N–H and O–H groups in total. The van der Waals surface area contributed by atoms with Crippen LogP contribution in [0.3, 0.4) is 0 Å². The lowest BCUT2D eigenvalue weighted by Crippen LogP contribution is -2.30. The third-order valence-electron chi connectivity index (χ3n) is 3.92. The zero-order valence-corrected chi connectivity index (χ0v) is 14.1. The SMILES string of the molecule is Cc1cccc2cc(C(=O)N[C@H](C)c3ccc(Cl)cc3)c(=O)oc12. The van der Waals surface area contributed by atoms with E-state index in [1.807, 2.05) is 44.2 Å². The molecule has 0 aliphatic carbocycles. The summed E-state index contributed by atoms with van der Waals surface area (Å²) in [5.74, 6) is -0.463. The maximum absolute atomic E-state index is 12.4. The van der Waals surface area contributed by atoms with Crippen molar-refractivity contribution in [3.05, 3.63) is 80.7 Å². The quantitative estimate of drug-likeness (QED) is 0.725. The standard InChI is InChI=1S/C19H16ClNO3/c1-11-4-3-5-14-10-16(19(23)24-17(11)14)18(22)21-12(2)13-6-8-15(20)9-7-13/h3-10,12H,1-2H3,(H,21,22)/t12-/m1/s1. The molecule has 0 saturated carbocycles. The van der Waals surface area contributed by atoms with Crippen LogP contribution < -0.4 is 10.9 Å². The molecule has 0 saturated heterocycles. The molecule has 4 nitrogen and oxygen atoms in total. The van der Waals surface area contributed by atoms with Gasteiger partial charge in [-0.25, -0.2) is 4.79 Å². The van der Waals surface area contributed by atoms with Gasteiger partial charge in [0.15, 0.2) is 0 Å². The van der Waals surface area contributed by atoms with Crippen LogP contribution in [-0.2, 0) is 0 Å². The number of carbonyl (C=O) groups excluding carboxylic acids is 1. The van der Waals surface area contributed by atoms with Gasteiger partial charge in [0.2, 0.25) is 0 Å². The monoisotopic (exact) mass is 341 g/mol. The Bertz CT molecular complexity index is 961. The molecule has 0 bridgehead atoms. The predicted molar refractivity (Wildman–Crippen MR) is 94.6 cm³/mol. The van der Waals surface area contributed by atoms with E-state index in [4.69, 9.17) is 16.0 Å². The van der Waals surface area contributed by atoms with Crippen LogP contribution in [0.25, 0.3) is 11.0 Å². The van der Waals surface area contributed by atoms with Crippen molar-refractivity contribution in [2.45, 2.75) is 19.9 Å². The van der Waals surface area contributed by atoms with Crippen LogP contribution in [0.2, 0.25) is 5.02 Å². The summed E-state index contributed by atoms with van der Waals surface area (Å²) in [7, 11) is 0. The molecule has 2 aromatic carbocycles. The van der Waals surface area contributed by atoms with E-state index >= 15 is 0 Å². The van der Waals surface area contributed by atoms with Gasteiger partial charge in [-0.1, -0.05) is 41.9 Å². The molecular formula is C19H16ClNO3. The van der Waals surface area contributed by atoms with Crippen LogP contribution in [0.4, 0.5) is 0 Å². The van der Waals surface area contributed by atoms with E-state index in [0.29, 0.717) is 10.6 Å². The highest BCUT2D eigenvalue weighted by Gasteiger charge is 2.17. The van der Waals surface area contributed by atoms with Gasteiger partial charge in [0.25, 0.3) is 5.91 Å². The van der Waals surface area contributed by atoms with E-state index in [9.17, 15) is 9.59 Å². The Morgan fingerprint density at radius 3 is 2.58 bits per heavy atom. The van der Waals surface area contributed by atoms with Crippen LogP contribution in [0.5, 0.6) is 0 Å². The van der Waals surface area contributed by atoms with Crippen molar-refractivity contribution in [3.63, 3.8) is 0 Å². The van der Waals surface area contributed by atoms with Gasteiger partial charge in [-0.2, -0.15) is 0 Å². The molecule has 122 valence electrons. The molecule has 5 heteroatoms. The molecule has 1 aromatic heterocycles. The zero-order valence-electron chi connectivity index (χ0n) is 13.3. The van der Waals surface area contributed by atoms with Gasteiger partial charge in [0.1, 0.15) is 11.1 Å². The second kappa shape index (κ2) is 6.49. The highest BCUT2D eigenvalue weighted by molar-refractivity contribution is 6.30. The lowest BCUT2D eigenvalue weighted by Gasteiger charge is -2.14. The molecule has 24 heavy (non-hydrogen) atoms. The minimum Gasteiger partial charge on any atom is -0.422 e. The van der Waals surface area contributed by atoms with Crippen molar-refractivity contribution in [3.8, 4) is 0 Å². The fourth-order valence-corrected chi connectivity index (χ4v) is 2.68. The van der Waals surface area contributed by atoms with E-state index in [1.165, 1.54) is 0 Å². The summed E-state index contributed by atoms with van der Waals surface area (Å²) >= 11 is 5.87. The van der Waals surface area contributed by atoms with Gasteiger partial charge in [0, 0.05) is 10.4 Å². The number of carbonyl (C=O) groups is 1. The first-order chi connectivity index (χ1) is 11.5. The number of halogens is 1. The maximum atomic E-state index is 12.4. The normalized spacial score (nSPS) is 12.1. The highest BCUT2D eigenvalue weighted by atomic mass is 35.5. The molecule has 0 fully saturated rings. The first-order valence-corrected chi connectivity index (χ1v) is 7.93. The smallest absolute Gasteiger partial charge is 0.349 e. The number of hydrogen-bond donors (Lipinski definition) is 1. The average Bonchev–Trinajstić information content (AvgIpc) is 2.55. The summed E-state index contributed by atoms with van der Waals surface area (Å²) in [6, 6.07) is 14.0. The molecule has 3 aromatic rings. The first kappa shape index (κ1) is 16.3. The Morgan fingerprint density at radius 2 is 1.88 bits per heavy atom. The molecule has 3 rings (SSSR count). The van der Waals surface area contributed by atoms with Gasteiger partial charge < -0.3 is 9.73 Å². The minimum absolute atomic E-state index is 0.00564. The second-order valence-corrected chi connectivity index (χ2v) is 6.12. The molecule has 0 aliphatic rings. The largest absolute Gasteiger partial charge is 0.422 e. The predicted octanol–water partition coefficient (Wildman–Crippen LogP) is 4.25. The summed E-state index contributed by atoms with van der Waals surface area (Å²) in [4.78, 5) is 24.6. The van der Waals surface area contributed by atoms with Gasteiger partial charge in [-0.05, 0) is 43.2 Å². The molecule has 0 spiro atoms. The van der Waals surface area contributed by atoms with E-state index in [1.54, 1.807) is 18.2 Å². The topological polar surface area (TPSA) is 59.3 Å². The summed E-state index contributed by atoms with van der Waals surface area (Å²) in [6.07, 6.45) is 0. The van der Waals surface area contributed by atoms with Crippen molar-refractivity contribution in [2.75, 3.05) is 0 Å². The highest BCUT2D eigenvalue weighted by Crippen LogP contribution is 2.19. The average molecular weight is 342 g/mol. The van der Waals surface area contributed by atoms with Crippen molar-refractivity contribution in [2.24, 2.45) is 0 Å². The van der Waals surface area contributed by atoms with Gasteiger partial charge >= 0.3 is 5.63 Å².